The Kier molecular flexibility index (Phi) is 8.00. The van der Waals surface area contributed by atoms with Gasteiger partial charge in [0.1, 0.15) is 16.9 Å². The number of anilines is 2. The summed E-state index contributed by atoms with van der Waals surface area (Å²) in [6, 6.07) is 11.0. The van der Waals surface area contributed by atoms with Crippen LogP contribution in [0.5, 0.6) is 0 Å². The summed E-state index contributed by atoms with van der Waals surface area (Å²) in [5, 5.41) is 9.78. The molecule has 52 heavy (non-hydrogen) atoms. The van der Waals surface area contributed by atoms with Crippen molar-refractivity contribution in [1.29, 1.82) is 0 Å². The van der Waals surface area contributed by atoms with Gasteiger partial charge in [-0.05, 0) is 31.0 Å². The number of carboxylic acid groups (broad SMARTS) is 1. The molecule has 6 aromatic rings. The smallest absolute Gasteiger partial charge is 0.362 e. The number of pyridine rings is 3. The monoisotopic (exact) mass is 729 g/mol. The second kappa shape index (κ2) is 12.4. The lowest BCUT2D eigenvalue weighted by Gasteiger charge is -2.29. The molecule has 2 unspecified atom stereocenters. The van der Waals surface area contributed by atoms with Gasteiger partial charge in [-0.15, -0.1) is 0 Å². The van der Waals surface area contributed by atoms with Crippen LogP contribution >= 0.6 is 0 Å². The van der Waals surface area contributed by atoms with Crippen LogP contribution in [0, 0.1) is 17.6 Å². The summed E-state index contributed by atoms with van der Waals surface area (Å²) in [4.78, 5) is 41.8. The molecule has 0 amide bonds. The standard InChI is InChI=1S/C36H33F2N7O6S/c1-42-15-20-9-10-45(27(20)17-42)32-23(21-11-22-33(46)24(36(47)48)16-43(2)35(22)40-13-21)14-39-34-29(32)28-30(38)25(37)12-26(31(28)41-34)44(3)52(49,50)51-18-19-7-5-4-6-8-19/h4-8,11-14,16,20,27H,9-10,15,17-18H2,1-3H3,(H,39,41)(H,47,48). The van der Waals surface area contributed by atoms with Gasteiger partial charge in [0, 0.05) is 75.6 Å². The highest BCUT2D eigenvalue weighted by atomic mass is 32.2. The third-order valence-electron chi connectivity index (χ3n) is 10.2. The lowest BCUT2D eigenvalue weighted by Crippen LogP contribution is -2.35. The van der Waals surface area contributed by atoms with Crippen LogP contribution in [0.15, 0.2) is 65.8 Å². The molecule has 0 aliphatic carbocycles. The number of nitrogens with zero attached hydrogens (tertiary/aromatic N) is 6. The molecule has 2 atom stereocenters. The van der Waals surface area contributed by atoms with Crippen molar-refractivity contribution in [1.82, 2.24) is 24.4 Å². The van der Waals surface area contributed by atoms with Crippen molar-refractivity contribution in [3.8, 4) is 11.1 Å². The Morgan fingerprint density at radius 3 is 2.62 bits per heavy atom. The second-order valence-corrected chi connectivity index (χ2v) is 15.0. The number of hydrogen-bond acceptors (Lipinski definition) is 9. The van der Waals surface area contributed by atoms with Crippen LogP contribution in [0.4, 0.5) is 20.2 Å². The van der Waals surface area contributed by atoms with E-state index in [1.165, 1.54) is 24.0 Å². The molecule has 2 aliphatic heterocycles. The molecule has 8 rings (SSSR count). The molecule has 2 aromatic carbocycles. The summed E-state index contributed by atoms with van der Waals surface area (Å²) in [6.45, 7) is 1.86. The molecular weight excluding hydrogens is 697 g/mol. The molecule has 268 valence electrons. The van der Waals surface area contributed by atoms with Gasteiger partial charge in [0.25, 0.3) is 0 Å². The van der Waals surface area contributed by atoms with Gasteiger partial charge in [0.2, 0.25) is 5.43 Å². The van der Waals surface area contributed by atoms with Crippen molar-refractivity contribution < 1.29 is 31.3 Å². The van der Waals surface area contributed by atoms with E-state index in [-0.39, 0.29) is 51.3 Å². The fourth-order valence-corrected chi connectivity index (χ4v) is 8.54. The Morgan fingerprint density at radius 1 is 1.10 bits per heavy atom. The van der Waals surface area contributed by atoms with Crippen LogP contribution < -0.4 is 14.6 Å². The van der Waals surface area contributed by atoms with Crippen LogP contribution in [0.3, 0.4) is 0 Å². The van der Waals surface area contributed by atoms with Crippen molar-refractivity contribution in [2.45, 2.75) is 19.1 Å². The molecule has 13 nitrogen and oxygen atoms in total. The van der Waals surface area contributed by atoms with Crippen molar-refractivity contribution in [2.75, 3.05) is 42.9 Å². The van der Waals surface area contributed by atoms with E-state index < -0.39 is 38.9 Å². The molecule has 2 fully saturated rings. The highest BCUT2D eigenvalue weighted by Crippen LogP contribution is 2.47. The Morgan fingerprint density at radius 2 is 1.87 bits per heavy atom. The van der Waals surface area contributed by atoms with E-state index in [1.807, 2.05) is 7.05 Å². The molecule has 16 heteroatoms. The van der Waals surface area contributed by atoms with Crippen molar-refractivity contribution >= 4 is 60.6 Å². The fraction of sp³-hybridized carbons (Fsp3) is 0.278. The Balaban J connectivity index is 1.36. The van der Waals surface area contributed by atoms with Gasteiger partial charge in [0.15, 0.2) is 11.6 Å². The van der Waals surface area contributed by atoms with E-state index in [4.69, 9.17) is 4.18 Å². The molecular formula is C36H33F2N7O6S. The van der Waals surface area contributed by atoms with Crippen LogP contribution in [-0.4, -0.2) is 83.7 Å². The molecule has 0 saturated carbocycles. The van der Waals surface area contributed by atoms with E-state index in [0.29, 0.717) is 41.4 Å². The minimum Gasteiger partial charge on any atom is -0.477 e. The number of aromatic amines is 1. The number of fused-ring (bicyclic) bond motifs is 5. The maximum Gasteiger partial charge on any atom is 0.362 e. The number of H-pyrrole nitrogens is 1. The molecule has 2 aliphatic rings. The number of benzene rings is 2. The normalized spacial score (nSPS) is 17.8. The number of aromatic nitrogens is 4. The summed E-state index contributed by atoms with van der Waals surface area (Å²) >= 11 is 0. The first kappa shape index (κ1) is 33.7. The highest BCUT2D eigenvalue weighted by molar-refractivity contribution is 7.88. The Hall–Kier alpha value is -5.45. The van der Waals surface area contributed by atoms with Gasteiger partial charge in [-0.3, -0.25) is 4.79 Å². The second-order valence-electron chi connectivity index (χ2n) is 13.4. The molecule has 6 heterocycles. The van der Waals surface area contributed by atoms with E-state index in [2.05, 4.69) is 24.8 Å². The summed E-state index contributed by atoms with van der Waals surface area (Å²) in [5.74, 6) is -3.56. The molecule has 2 N–H and O–H groups in total. The topological polar surface area (TPSA) is 154 Å². The van der Waals surface area contributed by atoms with E-state index in [9.17, 15) is 23.1 Å². The number of halogens is 2. The zero-order chi connectivity index (χ0) is 36.6. The summed E-state index contributed by atoms with van der Waals surface area (Å²) < 4.78 is 66.3. The van der Waals surface area contributed by atoms with E-state index in [0.717, 1.165) is 23.3 Å². The number of aromatic carboxylic acids is 1. The Labute approximate surface area is 295 Å². The van der Waals surface area contributed by atoms with Crippen molar-refractivity contribution in [2.24, 2.45) is 13.0 Å². The SMILES string of the molecule is CN1CC2CCN(c3c(-c4cnc5c(c4)c(=O)c(C(=O)O)cn5C)cnc4[nH]c5c(N(C)S(=O)(=O)OCc6ccccc6)cc(F)c(F)c5c34)C2C1. The number of carbonyl (C=O) groups is 1. The van der Waals surface area contributed by atoms with Crippen molar-refractivity contribution in [3.63, 3.8) is 0 Å². The summed E-state index contributed by atoms with van der Waals surface area (Å²) in [6.07, 6.45) is 5.13. The predicted molar refractivity (Wildman–Crippen MR) is 192 cm³/mol. The van der Waals surface area contributed by atoms with Crippen LogP contribution in [0.2, 0.25) is 0 Å². The quantitative estimate of drug-likeness (QED) is 0.227. The van der Waals surface area contributed by atoms with Crippen LogP contribution in [0.1, 0.15) is 22.3 Å². The highest BCUT2D eigenvalue weighted by Gasteiger charge is 2.42. The molecule has 0 bridgehead atoms. The molecule has 2 saturated heterocycles. The minimum atomic E-state index is -4.50. The average molecular weight is 730 g/mol. The first-order chi connectivity index (χ1) is 24.8. The summed E-state index contributed by atoms with van der Waals surface area (Å²) in [5.41, 5.74) is 1.08. The number of rotatable bonds is 8. The average Bonchev–Trinajstić information content (AvgIpc) is 3.82. The van der Waals surface area contributed by atoms with E-state index in [1.54, 1.807) is 49.6 Å². The number of likely N-dealkylation sites (N-methyl/N-ethyl adjacent to an activating group) is 1. The molecule has 0 radical (unpaired) electrons. The van der Waals surface area contributed by atoms with Gasteiger partial charge in [-0.1, -0.05) is 30.3 Å². The number of carboxylic acids is 1. The minimum absolute atomic E-state index is 0.00438. The van der Waals surface area contributed by atoms with Gasteiger partial charge in [-0.25, -0.2) is 32.0 Å². The predicted octanol–water partition coefficient (Wildman–Crippen LogP) is 4.64. The van der Waals surface area contributed by atoms with Gasteiger partial charge >= 0.3 is 16.3 Å². The van der Waals surface area contributed by atoms with Gasteiger partial charge in [-0.2, -0.15) is 8.42 Å². The van der Waals surface area contributed by atoms with E-state index >= 15 is 8.78 Å². The first-order valence-electron chi connectivity index (χ1n) is 16.5. The van der Waals surface area contributed by atoms with Crippen LogP contribution in [0.25, 0.3) is 44.1 Å². The number of likely N-dealkylation sites (tertiary alicyclic amines) is 1. The van der Waals surface area contributed by atoms with Crippen LogP contribution in [-0.2, 0) is 28.1 Å². The maximum absolute atomic E-state index is 16.3. The maximum atomic E-state index is 16.3. The Bertz CT molecular complexity index is 2610. The van der Waals surface area contributed by atoms with Gasteiger partial charge in [0.05, 0.1) is 39.7 Å². The third-order valence-corrected chi connectivity index (χ3v) is 11.5. The zero-order valence-corrected chi connectivity index (χ0v) is 29.1. The molecule has 0 spiro atoms. The fourth-order valence-electron chi connectivity index (χ4n) is 7.71. The lowest BCUT2D eigenvalue weighted by atomic mass is 9.99. The number of hydrogen-bond donors (Lipinski definition) is 2. The largest absolute Gasteiger partial charge is 0.477 e. The van der Waals surface area contributed by atoms with Gasteiger partial charge < -0.3 is 24.5 Å². The van der Waals surface area contributed by atoms with Crippen molar-refractivity contribution in [3.05, 3.63) is 94.0 Å². The number of nitrogens with one attached hydrogen (secondary N) is 1. The summed E-state index contributed by atoms with van der Waals surface area (Å²) in [7, 11) is 0.310. The first-order valence-corrected chi connectivity index (χ1v) is 17.9. The lowest BCUT2D eigenvalue weighted by molar-refractivity contribution is 0.0695. The zero-order valence-electron chi connectivity index (χ0n) is 28.3. The third kappa shape index (κ3) is 5.36. The number of aryl methyl sites for hydroxylation is 1. The molecule has 4 aromatic heterocycles.